The largest absolute Gasteiger partial charge is 0.478 e. The summed E-state index contributed by atoms with van der Waals surface area (Å²) in [6.45, 7) is 8.91. The van der Waals surface area contributed by atoms with Gasteiger partial charge in [-0.2, -0.15) is 0 Å². The van der Waals surface area contributed by atoms with Gasteiger partial charge in [0.25, 0.3) is 0 Å². The summed E-state index contributed by atoms with van der Waals surface area (Å²) in [5.74, 6) is 0.782. The summed E-state index contributed by atoms with van der Waals surface area (Å²) in [4.78, 5) is 4.37. The van der Waals surface area contributed by atoms with Crippen LogP contribution in [0.4, 0.5) is 0 Å². The minimum absolute atomic E-state index is 0.0562. The standard InChI is InChI=1S/C10H19NO2/c1-9(2,3)5-8-11-10(4,6-12)7-13-8/h12H,5-7H2,1-4H3. The molecule has 0 fully saturated rings. The van der Waals surface area contributed by atoms with Crippen LogP contribution in [-0.4, -0.2) is 29.8 Å². The van der Waals surface area contributed by atoms with Crippen molar-refractivity contribution in [2.24, 2.45) is 10.4 Å². The number of ether oxygens (including phenoxy) is 1. The molecular formula is C10H19NO2. The van der Waals surface area contributed by atoms with E-state index in [0.717, 1.165) is 12.3 Å². The van der Waals surface area contributed by atoms with Gasteiger partial charge in [0.15, 0.2) is 5.90 Å². The van der Waals surface area contributed by atoms with Crippen molar-refractivity contribution in [3.63, 3.8) is 0 Å². The highest BCUT2D eigenvalue weighted by Gasteiger charge is 2.32. The molecule has 1 aliphatic heterocycles. The smallest absolute Gasteiger partial charge is 0.184 e. The van der Waals surface area contributed by atoms with Crippen molar-refractivity contribution in [3.8, 4) is 0 Å². The molecule has 1 aliphatic rings. The van der Waals surface area contributed by atoms with Crippen LogP contribution in [0.15, 0.2) is 4.99 Å². The molecular weight excluding hydrogens is 166 g/mol. The molecule has 1 atom stereocenters. The Morgan fingerprint density at radius 3 is 2.54 bits per heavy atom. The van der Waals surface area contributed by atoms with Crippen molar-refractivity contribution >= 4 is 5.90 Å². The zero-order valence-corrected chi connectivity index (χ0v) is 8.92. The van der Waals surface area contributed by atoms with Crippen molar-refractivity contribution in [1.29, 1.82) is 0 Å². The summed E-state index contributed by atoms with van der Waals surface area (Å²) in [6, 6.07) is 0. The second kappa shape index (κ2) is 3.29. The number of aliphatic hydroxyl groups is 1. The Kier molecular flexibility index (Phi) is 2.66. The average Bonchev–Trinajstić information content (AvgIpc) is 2.30. The zero-order valence-electron chi connectivity index (χ0n) is 8.92. The first kappa shape index (κ1) is 10.5. The van der Waals surface area contributed by atoms with Crippen LogP contribution in [0.5, 0.6) is 0 Å². The summed E-state index contributed by atoms with van der Waals surface area (Å²) in [7, 11) is 0. The van der Waals surface area contributed by atoms with Gasteiger partial charge in [-0.05, 0) is 12.3 Å². The third kappa shape index (κ3) is 2.99. The minimum atomic E-state index is -0.402. The third-order valence-corrected chi connectivity index (χ3v) is 1.97. The molecule has 3 heteroatoms. The summed E-state index contributed by atoms with van der Waals surface area (Å²) < 4.78 is 5.43. The number of nitrogens with zero attached hydrogens (tertiary/aromatic N) is 1. The summed E-state index contributed by atoms with van der Waals surface area (Å²) >= 11 is 0. The predicted octanol–water partition coefficient (Wildman–Crippen LogP) is 1.60. The summed E-state index contributed by atoms with van der Waals surface area (Å²) in [6.07, 6.45) is 0.836. The fourth-order valence-corrected chi connectivity index (χ4v) is 1.23. The zero-order chi connectivity index (χ0) is 10.1. The maximum atomic E-state index is 9.05. The van der Waals surface area contributed by atoms with E-state index in [1.165, 1.54) is 0 Å². The number of aliphatic hydroxyl groups excluding tert-OH is 1. The van der Waals surface area contributed by atoms with Crippen LogP contribution in [0.25, 0.3) is 0 Å². The molecule has 13 heavy (non-hydrogen) atoms. The predicted molar refractivity (Wildman–Crippen MR) is 52.9 cm³/mol. The molecule has 0 saturated carbocycles. The molecule has 1 unspecified atom stereocenters. The lowest BCUT2D eigenvalue weighted by Crippen LogP contribution is -2.28. The van der Waals surface area contributed by atoms with Crippen molar-refractivity contribution < 1.29 is 9.84 Å². The summed E-state index contributed by atoms with van der Waals surface area (Å²) in [5.41, 5.74) is -0.208. The van der Waals surface area contributed by atoms with Gasteiger partial charge in [0.05, 0.1) is 6.61 Å². The van der Waals surface area contributed by atoms with Crippen molar-refractivity contribution in [3.05, 3.63) is 0 Å². The lowest BCUT2D eigenvalue weighted by Gasteiger charge is -2.16. The SMILES string of the molecule is CC(C)(C)CC1=NC(C)(CO)CO1. The van der Waals surface area contributed by atoms with E-state index in [-0.39, 0.29) is 12.0 Å². The number of aliphatic imine (C=N–C) groups is 1. The summed E-state index contributed by atoms with van der Waals surface area (Å²) in [5, 5.41) is 9.05. The molecule has 0 amide bonds. The number of hydrogen-bond acceptors (Lipinski definition) is 3. The Balaban J connectivity index is 2.60. The Bertz CT molecular complexity index is 217. The first-order valence-electron chi connectivity index (χ1n) is 4.67. The van der Waals surface area contributed by atoms with Crippen LogP contribution in [-0.2, 0) is 4.74 Å². The van der Waals surface area contributed by atoms with Crippen LogP contribution in [0.2, 0.25) is 0 Å². The lowest BCUT2D eigenvalue weighted by atomic mass is 9.92. The molecule has 0 aromatic rings. The van der Waals surface area contributed by atoms with E-state index in [1.54, 1.807) is 0 Å². The number of rotatable bonds is 2. The maximum absolute atomic E-state index is 9.05. The highest BCUT2D eigenvalue weighted by molar-refractivity contribution is 5.78. The second-order valence-electron chi connectivity index (χ2n) is 5.19. The molecule has 0 saturated heterocycles. The van der Waals surface area contributed by atoms with E-state index >= 15 is 0 Å². The highest BCUT2D eigenvalue weighted by atomic mass is 16.5. The van der Waals surface area contributed by atoms with E-state index in [9.17, 15) is 0 Å². The topological polar surface area (TPSA) is 41.8 Å². The van der Waals surface area contributed by atoms with Gasteiger partial charge in [-0.1, -0.05) is 20.8 Å². The fraction of sp³-hybridized carbons (Fsp3) is 0.900. The molecule has 0 aliphatic carbocycles. The third-order valence-electron chi connectivity index (χ3n) is 1.97. The van der Waals surface area contributed by atoms with Crippen molar-refractivity contribution in [2.45, 2.75) is 39.7 Å². The van der Waals surface area contributed by atoms with Gasteiger partial charge < -0.3 is 9.84 Å². The molecule has 0 aromatic carbocycles. The van der Waals surface area contributed by atoms with E-state index in [2.05, 4.69) is 25.8 Å². The van der Waals surface area contributed by atoms with Crippen LogP contribution < -0.4 is 0 Å². The average molecular weight is 185 g/mol. The molecule has 0 aromatic heterocycles. The molecule has 1 N–H and O–H groups in total. The van der Waals surface area contributed by atoms with Gasteiger partial charge in [-0.3, -0.25) is 0 Å². The Hall–Kier alpha value is -0.570. The first-order valence-corrected chi connectivity index (χ1v) is 4.67. The molecule has 76 valence electrons. The maximum Gasteiger partial charge on any atom is 0.184 e. The van der Waals surface area contributed by atoms with Gasteiger partial charge in [0, 0.05) is 6.42 Å². The fourth-order valence-electron chi connectivity index (χ4n) is 1.23. The van der Waals surface area contributed by atoms with Gasteiger partial charge in [0.2, 0.25) is 0 Å². The van der Waals surface area contributed by atoms with Gasteiger partial charge >= 0.3 is 0 Å². The minimum Gasteiger partial charge on any atom is -0.478 e. The van der Waals surface area contributed by atoms with Gasteiger partial charge in [0.1, 0.15) is 12.1 Å². The quantitative estimate of drug-likeness (QED) is 0.710. The van der Waals surface area contributed by atoms with Crippen LogP contribution in [0.1, 0.15) is 34.1 Å². The molecule has 3 nitrogen and oxygen atoms in total. The molecule has 0 spiro atoms. The van der Waals surface area contributed by atoms with Crippen LogP contribution >= 0.6 is 0 Å². The van der Waals surface area contributed by atoms with E-state index in [4.69, 9.17) is 9.84 Å². The monoisotopic (exact) mass is 185 g/mol. The van der Waals surface area contributed by atoms with Crippen LogP contribution in [0, 0.1) is 5.41 Å². The molecule has 0 bridgehead atoms. The van der Waals surface area contributed by atoms with E-state index in [1.807, 2.05) is 6.92 Å². The first-order chi connectivity index (χ1) is 5.85. The Morgan fingerprint density at radius 1 is 1.54 bits per heavy atom. The molecule has 1 heterocycles. The lowest BCUT2D eigenvalue weighted by molar-refractivity contribution is 0.167. The van der Waals surface area contributed by atoms with Gasteiger partial charge in [-0.15, -0.1) is 0 Å². The molecule has 0 radical (unpaired) electrons. The molecule has 1 rings (SSSR count). The highest BCUT2D eigenvalue weighted by Crippen LogP contribution is 2.25. The number of hydrogen-bond donors (Lipinski definition) is 1. The van der Waals surface area contributed by atoms with Gasteiger partial charge in [-0.25, -0.2) is 4.99 Å². The van der Waals surface area contributed by atoms with Crippen molar-refractivity contribution in [2.75, 3.05) is 13.2 Å². The second-order valence-corrected chi connectivity index (χ2v) is 5.19. The van der Waals surface area contributed by atoms with Crippen LogP contribution in [0.3, 0.4) is 0 Å². The Labute approximate surface area is 79.8 Å². The van der Waals surface area contributed by atoms with E-state index in [0.29, 0.717) is 6.61 Å². The van der Waals surface area contributed by atoms with Crippen molar-refractivity contribution in [1.82, 2.24) is 0 Å². The normalized spacial score (nSPS) is 28.5. The Morgan fingerprint density at radius 2 is 2.15 bits per heavy atom. The van der Waals surface area contributed by atoms with E-state index < -0.39 is 5.54 Å².